The van der Waals surface area contributed by atoms with Crippen molar-refractivity contribution in [2.75, 3.05) is 56.2 Å². The first-order chi connectivity index (χ1) is 11.8. The molecule has 0 amide bonds. The van der Waals surface area contributed by atoms with E-state index in [-0.39, 0.29) is 0 Å². The van der Waals surface area contributed by atoms with Gasteiger partial charge in [-0.05, 0) is 43.9 Å². The summed E-state index contributed by atoms with van der Waals surface area (Å²) in [6, 6.07) is 7.57. The van der Waals surface area contributed by atoms with Crippen LogP contribution in [0.4, 0.5) is 5.69 Å². The Labute approximate surface area is 150 Å². The van der Waals surface area contributed by atoms with Crippen molar-refractivity contribution in [1.82, 2.24) is 10.2 Å². The molecule has 1 fully saturated rings. The SMILES string of the molecule is CCNC(=NCCCCSC)N1CCN(c2ccccc2O)CC1. The highest BCUT2D eigenvalue weighted by atomic mass is 32.2. The highest BCUT2D eigenvalue weighted by Gasteiger charge is 2.21. The number of para-hydroxylation sites is 2. The lowest BCUT2D eigenvalue weighted by molar-refractivity contribution is 0.369. The molecule has 24 heavy (non-hydrogen) atoms. The van der Waals surface area contributed by atoms with Gasteiger partial charge in [0.1, 0.15) is 5.75 Å². The monoisotopic (exact) mass is 350 g/mol. The average Bonchev–Trinajstić information content (AvgIpc) is 2.61. The summed E-state index contributed by atoms with van der Waals surface area (Å²) in [5, 5.41) is 13.4. The number of phenolic OH excluding ortho intramolecular Hbond substituents is 1. The summed E-state index contributed by atoms with van der Waals surface area (Å²) in [5.74, 6) is 2.60. The Morgan fingerprint density at radius 2 is 1.96 bits per heavy atom. The number of hydrogen-bond acceptors (Lipinski definition) is 4. The number of benzene rings is 1. The van der Waals surface area contributed by atoms with Crippen LogP contribution in [0.2, 0.25) is 0 Å². The number of unbranched alkanes of at least 4 members (excludes halogenated alkanes) is 1. The number of nitrogens with zero attached hydrogens (tertiary/aromatic N) is 3. The first-order valence-corrected chi connectivity index (χ1v) is 10.2. The molecule has 0 atom stereocenters. The number of guanidine groups is 1. The fourth-order valence-electron chi connectivity index (χ4n) is 2.86. The second-order valence-electron chi connectivity index (χ2n) is 5.90. The van der Waals surface area contributed by atoms with Crippen molar-refractivity contribution >= 4 is 23.4 Å². The van der Waals surface area contributed by atoms with Crippen molar-refractivity contribution in [3.63, 3.8) is 0 Å². The van der Waals surface area contributed by atoms with E-state index in [4.69, 9.17) is 4.99 Å². The molecular formula is C18H30N4OS. The molecule has 0 saturated carbocycles. The number of anilines is 1. The van der Waals surface area contributed by atoms with E-state index in [1.165, 1.54) is 12.2 Å². The van der Waals surface area contributed by atoms with Gasteiger partial charge >= 0.3 is 0 Å². The molecular weight excluding hydrogens is 320 g/mol. The van der Waals surface area contributed by atoms with Crippen LogP contribution in [-0.4, -0.2) is 67.2 Å². The predicted octanol–water partition coefficient (Wildman–Crippen LogP) is 2.62. The van der Waals surface area contributed by atoms with Crippen molar-refractivity contribution in [1.29, 1.82) is 0 Å². The first kappa shape index (κ1) is 18.8. The number of thioether (sulfide) groups is 1. The van der Waals surface area contributed by atoms with Crippen LogP contribution in [0.1, 0.15) is 19.8 Å². The quantitative estimate of drug-likeness (QED) is 0.450. The van der Waals surface area contributed by atoms with Gasteiger partial charge in [0.25, 0.3) is 0 Å². The van der Waals surface area contributed by atoms with Gasteiger partial charge in [0.15, 0.2) is 5.96 Å². The highest BCUT2D eigenvalue weighted by Crippen LogP contribution is 2.27. The van der Waals surface area contributed by atoms with Gasteiger partial charge in [0, 0.05) is 39.3 Å². The van der Waals surface area contributed by atoms with Gasteiger partial charge in [-0.25, -0.2) is 0 Å². The van der Waals surface area contributed by atoms with Crippen LogP contribution in [0.25, 0.3) is 0 Å². The molecule has 0 aromatic heterocycles. The Bertz CT molecular complexity index is 515. The maximum absolute atomic E-state index is 10.0. The molecule has 1 saturated heterocycles. The Hall–Kier alpha value is -1.56. The molecule has 0 radical (unpaired) electrons. The minimum Gasteiger partial charge on any atom is -0.506 e. The summed E-state index contributed by atoms with van der Waals surface area (Å²) in [5.41, 5.74) is 0.927. The van der Waals surface area contributed by atoms with Crippen LogP contribution in [0.5, 0.6) is 5.75 Å². The van der Waals surface area contributed by atoms with Gasteiger partial charge in [-0.15, -0.1) is 0 Å². The molecule has 1 heterocycles. The third kappa shape index (κ3) is 5.51. The first-order valence-electron chi connectivity index (χ1n) is 8.81. The lowest BCUT2D eigenvalue weighted by atomic mass is 10.2. The van der Waals surface area contributed by atoms with E-state index in [0.29, 0.717) is 5.75 Å². The minimum atomic E-state index is 0.361. The smallest absolute Gasteiger partial charge is 0.194 e. The third-order valence-corrected chi connectivity index (χ3v) is 4.85. The summed E-state index contributed by atoms with van der Waals surface area (Å²) in [6.45, 7) is 7.53. The van der Waals surface area contributed by atoms with E-state index in [1.807, 2.05) is 30.0 Å². The average molecular weight is 351 g/mol. The van der Waals surface area contributed by atoms with Crippen LogP contribution in [-0.2, 0) is 0 Å². The number of nitrogens with one attached hydrogen (secondary N) is 1. The second-order valence-corrected chi connectivity index (χ2v) is 6.88. The van der Waals surface area contributed by atoms with E-state index in [1.54, 1.807) is 6.07 Å². The second kappa shape index (κ2) is 10.3. The van der Waals surface area contributed by atoms with E-state index < -0.39 is 0 Å². The largest absolute Gasteiger partial charge is 0.506 e. The number of aromatic hydroxyl groups is 1. The molecule has 0 spiro atoms. The van der Waals surface area contributed by atoms with Gasteiger partial charge in [0.2, 0.25) is 0 Å². The molecule has 1 aromatic rings. The Kier molecular flexibility index (Phi) is 8.08. The van der Waals surface area contributed by atoms with Gasteiger partial charge in [0.05, 0.1) is 5.69 Å². The zero-order chi connectivity index (χ0) is 17.2. The summed E-state index contributed by atoms with van der Waals surface area (Å²) in [7, 11) is 0. The predicted molar refractivity (Wildman–Crippen MR) is 105 cm³/mol. The van der Waals surface area contributed by atoms with Crippen molar-refractivity contribution in [2.45, 2.75) is 19.8 Å². The van der Waals surface area contributed by atoms with Gasteiger partial charge in [-0.3, -0.25) is 4.99 Å². The van der Waals surface area contributed by atoms with Crippen molar-refractivity contribution in [3.8, 4) is 5.75 Å². The summed E-state index contributed by atoms with van der Waals surface area (Å²) in [6.07, 6.45) is 4.52. The van der Waals surface area contributed by atoms with E-state index in [2.05, 4.69) is 28.3 Å². The lowest BCUT2D eigenvalue weighted by Gasteiger charge is -2.37. The Balaban J connectivity index is 1.88. The number of hydrogen-bond donors (Lipinski definition) is 2. The molecule has 6 heteroatoms. The number of piperazine rings is 1. The molecule has 0 bridgehead atoms. The van der Waals surface area contributed by atoms with Crippen LogP contribution in [0, 0.1) is 0 Å². The molecule has 1 aromatic carbocycles. The molecule has 1 aliphatic heterocycles. The summed E-state index contributed by atoms with van der Waals surface area (Å²) >= 11 is 1.90. The van der Waals surface area contributed by atoms with Crippen molar-refractivity contribution in [3.05, 3.63) is 24.3 Å². The molecule has 134 valence electrons. The van der Waals surface area contributed by atoms with Gasteiger partial charge in [-0.1, -0.05) is 12.1 Å². The topological polar surface area (TPSA) is 51.1 Å². The number of rotatable bonds is 7. The van der Waals surface area contributed by atoms with Crippen LogP contribution in [0.3, 0.4) is 0 Å². The number of aliphatic imine (C=N–C) groups is 1. The summed E-state index contributed by atoms with van der Waals surface area (Å²) < 4.78 is 0. The summed E-state index contributed by atoms with van der Waals surface area (Å²) in [4.78, 5) is 9.35. The fourth-order valence-corrected chi connectivity index (χ4v) is 3.35. The lowest BCUT2D eigenvalue weighted by Crippen LogP contribution is -2.52. The van der Waals surface area contributed by atoms with Gasteiger partial charge < -0.3 is 20.2 Å². The standard InChI is InChI=1S/C18H30N4OS/c1-3-19-18(20-10-6-7-15-24-2)22-13-11-21(12-14-22)16-8-4-5-9-17(16)23/h4-5,8-9,23H,3,6-7,10-15H2,1-2H3,(H,19,20). The molecule has 2 rings (SSSR count). The highest BCUT2D eigenvalue weighted by molar-refractivity contribution is 7.98. The number of phenols is 1. The fraction of sp³-hybridized carbons (Fsp3) is 0.611. The maximum Gasteiger partial charge on any atom is 0.194 e. The minimum absolute atomic E-state index is 0.361. The van der Waals surface area contributed by atoms with Crippen molar-refractivity contribution < 1.29 is 5.11 Å². The molecule has 0 aliphatic carbocycles. The van der Waals surface area contributed by atoms with Gasteiger partial charge in [-0.2, -0.15) is 11.8 Å². The Morgan fingerprint density at radius 1 is 1.21 bits per heavy atom. The molecule has 1 aliphatic rings. The maximum atomic E-state index is 10.0. The van der Waals surface area contributed by atoms with Crippen LogP contribution >= 0.6 is 11.8 Å². The normalized spacial score (nSPS) is 15.7. The molecule has 5 nitrogen and oxygen atoms in total. The molecule has 0 unspecified atom stereocenters. The zero-order valence-corrected chi connectivity index (χ0v) is 15.7. The van der Waals surface area contributed by atoms with E-state index in [0.717, 1.165) is 57.3 Å². The zero-order valence-electron chi connectivity index (χ0n) is 14.9. The van der Waals surface area contributed by atoms with E-state index >= 15 is 0 Å². The molecule has 2 N–H and O–H groups in total. The van der Waals surface area contributed by atoms with Crippen LogP contribution < -0.4 is 10.2 Å². The van der Waals surface area contributed by atoms with Crippen molar-refractivity contribution in [2.24, 2.45) is 4.99 Å². The van der Waals surface area contributed by atoms with Crippen LogP contribution in [0.15, 0.2) is 29.3 Å². The van der Waals surface area contributed by atoms with E-state index in [9.17, 15) is 5.11 Å². The Morgan fingerprint density at radius 3 is 2.62 bits per heavy atom. The third-order valence-electron chi connectivity index (χ3n) is 4.15.